The van der Waals surface area contributed by atoms with Gasteiger partial charge in [0.1, 0.15) is 11.5 Å². The second-order valence-electron chi connectivity index (χ2n) is 8.82. The average Bonchev–Trinajstić information content (AvgIpc) is 3.13. The van der Waals surface area contributed by atoms with Gasteiger partial charge < -0.3 is 29.1 Å². The molecule has 0 bridgehead atoms. The Balaban J connectivity index is 2.11. The van der Waals surface area contributed by atoms with Crippen LogP contribution in [0.5, 0.6) is 17.2 Å². The SMILES string of the molecule is CCN(CC)CCN1C(=O)C(=O)/C(=C(/O)c2ccc(OC(C)C)cc2)[C@H]1c1ccc(OC)c(OC)c1. The van der Waals surface area contributed by atoms with Crippen LogP contribution in [0.2, 0.25) is 0 Å². The lowest BCUT2D eigenvalue weighted by Gasteiger charge is -2.28. The number of nitrogens with zero attached hydrogens (tertiary/aromatic N) is 2. The lowest BCUT2D eigenvalue weighted by atomic mass is 9.95. The highest BCUT2D eigenvalue weighted by Crippen LogP contribution is 2.42. The van der Waals surface area contributed by atoms with E-state index in [1.54, 1.807) is 49.6 Å². The predicted octanol–water partition coefficient (Wildman–Crippen LogP) is 4.25. The molecule has 1 fully saturated rings. The van der Waals surface area contributed by atoms with Crippen LogP contribution < -0.4 is 14.2 Å². The number of ketones is 1. The zero-order chi connectivity index (χ0) is 26.4. The molecule has 8 heteroatoms. The predicted molar refractivity (Wildman–Crippen MR) is 139 cm³/mol. The molecule has 8 nitrogen and oxygen atoms in total. The van der Waals surface area contributed by atoms with E-state index in [9.17, 15) is 14.7 Å². The summed E-state index contributed by atoms with van der Waals surface area (Å²) in [6.45, 7) is 10.5. The summed E-state index contributed by atoms with van der Waals surface area (Å²) in [4.78, 5) is 30.2. The van der Waals surface area contributed by atoms with Crippen LogP contribution >= 0.6 is 0 Å². The Labute approximate surface area is 213 Å². The number of aliphatic hydroxyl groups is 1. The molecule has 0 spiro atoms. The fraction of sp³-hybridized carbons (Fsp3) is 0.429. The Morgan fingerprint density at radius 1 is 1.00 bits per heavy atom. The Kier molecular flexibility index (Phi) is 8.98. The van der Waals surface area contributed by atoms with Gasteiger partial charge in [-0.05, 0) is 68.9 Å². The molecule has 1 aliphatic heterocycles. The van der Waals surface area contributed by atoms with E-state index in [2.05, 4.69) is 18.7 Å². The molecule has 194 valence electrons. The molecule has 0 aromatic heterocycles. The summed E-state index contributed by atoms with van der Waals surface area (Å²) in [5.74, 6) is 0.0754. The molecule has 0 aliphatic carbocycles. The number of rotatable bonds is 11. The van der Waals surface area contributed by atoms with Crippen LogP contribution in [0.3, 0.4) is 0 Å². The number of methoxy groups -OCH3 is 2. The molecular formula is C28H36N2O6. The minimum absolute atomic E-state index is 0.00521. The smallest absolute Gasteiger partial charge is 0.295 e. The van der Waals surface area contributed by atoms with Gasteiger partial charge in [0.25, 0.3) is 11.7 Å². The molecule has 2 aromatic carbocycles. The monoisotopic (exact) mass is 496 g/mol. The summed E-state index contributed by atoms with van der Waals surface area (Å²) in [6, 6.07) is 11.3. The third-order valence-corrected chi connectivity index (χ3v) is 6.31. The second-order valence-corrected chi connectivity index (χ2v) is 8.82. The first-order chi connectivity index (χ1) is 17.2. The summed E-state index contributed by atoms with van der Waals surface area (Å²) in [5, 5.41) is 11.3. The molecule has 2 aromatic rings. The van der Waals surface area contributed by atoms with Crippen molar-refractivity contribution in [1.29, 1.82) is 0 Å². The van der Waals surface area contributed by atoms with Gasteiger partial charge in [-0.1, -0.05) is 19.9 Å². The number of carbonyl (C=O) groups is 2. The standard InChI is InChI=1S/C28H36N2O6/c1-7-29(8-2)15-16-30-25(20-11-14-22(34-5)23(17-20)35-6)24(27(32)28(30)33)26(31)19-9-12-21(13-10-19)36-18(3)4/h9-14,17-18,25,31H,7-8,15-16H2,1-6H3/b26-24+/t25-/m1/s1. The summed E-state index contributed by atoms with van der Waals surface area (Å²) < 4.78 is 16.5. The average molecular weight is 497 g/mol. The van der Waals surface area contributed by atoms with Gasteiger partial charge in [0, 0.05) is 18.7 Å². The first-order valence-electron chi connectivity index (χ1n) is 12.2. The Morgan fingerprint density at radius 3 is 2.19 bits per heavy atom. The molecule has 1 amide bonds. The van der Waals surface area contributed by atoms with Crippen molar-refractivity contribution in [2.45, 2.75) is 39.8 Å². The van der Waals surface area contributed by atoms with E-state index < -0.39 is 17.7 Å². The number of hydrogen-bond donors (Lipinski definition) is 1. The van der Waals surface area contributed by atoms with Crippen molar-refractivity contribution in [3.63, 3.8) is 0 Å². The second kappa shape index (κ2) is 11.9. The molecule has 1 saturated heterocycles. The first-order valence-corrected chi connectivity index (χ1v) is 12.2. The van der Waals surface area contributed by atoms with E-state index in [0.717, 1.165) is 13.1 Å². The maximum atomic E-state index is 13.3. The first kappa shape index (κ1) is 27.1. The summed E-state index contributed by atoms with van der Waals surface area (Å²) in [6.07, 6.45) is 0.00521. The van der Waals surface area contributed by atoms with Crippen LogP contribution in [0.1, 0.15) is 44.9 Å². The van der Waals surface area contributed by atoms with Gasteiger partial charge in [-0.3, -0.25) is 9.59 Å². The maximum absolute atomic E-state index is 13.3. The number of benzene rings is 2. The third-order valence-electron chi connectivity index (χ3n) is 6.31. The Hall–Kier alpha value is -3.52. The molecule has 1 N–H and O–H groups in total. The Morgan fingerprint density at radius 2 is 1.64 bits per heavy atom. The highest BCUT2D eigenvalue weighted by atomic mass is 16.5. The van der Waals surface area contributed by atoms with Crippen LogP contribution in [0.15, 0.2) is 48.0 Å². The van der Waals surface area contributed by atoms with Crippen molar-refractivity contribution < 1.29 is 28.9 Å². The fourth-order valence-electron chi connectivity index (χ4n) is 4.39. The summed E-state index contributed by atoms with van der Waals surface area (Å²) >= 11 is 0. The number of carbonyl (C=O) groups excluding carboxylic acids is 2. The minimum Gasteiger partial charge on any atom is -0.507 e. The van der Waals surface area contributed by atoms with Crippen molar-refractivity contribution in [2.24, 2.45) is 0 Å². The number of ether oxygens (including phenoxy) is 3. The lowest BCUT2D eigenvalue weighted by molar-refractivity contribution is -0.140. The van der Waals surface area contributed by atoms with Gasteiger partial charge >= 0.3 is 0 Å². The van der Waals surface area contributed by atoms with Crippen LogP contribution in [0.4, 0.5) is 0 Å². The van der Waals surface area contributed by atoms with Crippen LogP contribution in [0.25, 0.3) is 5.76 Å². The number of likely N-dealkylation sites (tertiary alicyclic amines) is 1. The minimum atomic E-state index is -0.771. The van der Waals surface area contributed by atoms with Gasteiger partial charge in [0.05, 0.1) is 31.9 Å². The number of Topliss-reactive ketones (excluding diaryl/α,β-unsaturated/α-hetero) is 1. The molecule has 0 unspecified atom stereocenters. The van der Waals surface area contributed by atoms with E-state index in [4.69, 9.17) is 14.2 Å². The van der Waals surface area contributed by atoms with Gasteiger partial charge in [0.15, 0.2) is 11.5 Å². The van der Waals surface area contributed by atoms with Gasteiger partial charge in [-0.2, -0.15) is 0 Å². The van der Waals surface area contributed by atoms with E-state index in [-0.39, 0.29) is 17.4 Å². The molecule has 0 radical (unpaired) electrons. The largest absolute Gasteiger partial charge is 0.507 e. The number of aliphatic hydroxyl groups excluding tert-OH is 1. The normalized spacial score (nSPS) is 17.2. The number of amides is 1. The number of hydrogen-bond acceptors (Lipinski definition) is 7. The van der Waals surface area contributed by atoms with Crippen molar-refractivity contribution in [2.75, 3.05) is 40.4 Å². The molecule has 1 heterocycles. The number of likely N-dealkylation sites (N-methyl/N-ethyl adjacent to an activating group) is 1. The van der Waals surface area contributed by atoms with Gasteiger partial charge in [-0.15, -0.1) is 0 Å². The maximum Gasteiger partial charge on any atom is 0.295 e. The van der Waals surface area contributed by atoms with Crippen molar-refractivity contribution in [3.05, 3.63) is 59.2 Å². The molecule has 36 heavy (non-hydrogen) atoms. The topological polar surface area (TPSA) is 88.5 Å². The lowest BCUT2D eigenvalue weighted by Crippen LogP contribution is -2.38. The van der Waals surface area contributed by atoms with Crippen LogP contribution in [-0.4, -0.2) is 73.1 Å². The van der Waals surface area contributed by atoms with E-state index >= 15 is 0 Å². The van der Waals surface area contributed by atoms with Crippen LogP contribution in [0, 0.1) is 0 Å². The third kappa shape index (κ3) is 5.65. The van der Waals surface area contributed by atoms with E-state index in [1.165, 1.54) is 12.0 Å². The molecular weight excluding hydrogens is 460 g/mol. The van der Waals surface area contributed by atoms with Gasteiger partial charge in [0.2, 0.25) is 0 Å². The summed E-state index contributed by atoms with van der Waals surface area (Å²) in [7, 11) is 3.07. The van der Waals surface area contributed by atoms with Crippen molar-refractivity contribution in [1.82, 2.24) is 9.80 Å². The Bertz CT molecular complexity index is 1110. The van der Waals surface area contributed by atoms with Crippen LogP contribution in [-0.2, 0) is 9.59 Å². The zero-order valence-electron chi connectivity index (χ0n) is 21.9. The molecule has 3 rings (SSSR count). The summed E-state index contributed by atoms with van der Waals surface area (Å²) in [5.41, 5.74) is 1.12. The molecule has 1 aliphatic rings. The fourth-order valence-corrected chi connectivity index (χ4v) is 4.39. The van der Waals surface area contributed by atoms with E-state index in [1.807, 2.05) is 13.8 Å². The molecule has 1 atom stereocenters. The van der Waals surface area contributed by atoms with Crippen molar-refractivity contribution in [3.8, 4) is 17.2 Å². The highest BCUT2D eigenvalue weighted by Gasteiger charge is 2.46. The van der Waals surface area contributed by atoms with Crippen molar-refractivity contribution >= 4 is 17.4 Å². The van der Waals surface area contributed by atoms with E-state index in [0.29, 0.717) is 41.5 Å². The molecule has 0 saturated carbocycles. The van der Waals surface area contributed by atoms with Gasteiger partial charge in [-0.25, -0.2) is 0 Å². The quantitative estimate of drug-likeness (QED) is 0.283. The zero-order valence-corrected chi connectivity index (χ0v) is 21.9. The highest BCUT2D eigenvalue weighted by molar-refractivity contribution is 6.46.